The number of hydrogen-bond acceptors (Lipinski definition) is 5. The van der Waals surface area contributed by atoms with Crippen molar-refractivity contribution in [3.05, 3.63) is 66.3 Å². The van der Waals surface area contributed by atoms with Crippen LogP contribution in [-0.2, 0) is 4.79 Å². The number of rotatable bonds is 4. The topological polar surface area (TPSA) is 42.6 Å². The second-order valence-corrected chi connectivity index (χ2v) is 6.81. The zero-order valence-corrected chi connectivity index (χ0v) is 13.6. The highest BCUT2D eigenvalue weighted by Gasteiger charge is 2.22. The van der Waals surface area contributed by atoms with E-state index in [1.165, 1.54) is 17.8 Å². The number of carbonyl (C=O) groups is 1. The van der Waals surface area contributed by atoms with E-state index in [2.05, 4.69) is 11.6 Å². The lowest BCUT2D eigenvalue weighted by Gasteiger charge is -1.97. The molecule has 3 rings (SSSR count). The third kappa shape index (κ3) is 3.65. The number of hydrogen-bond donors (Lipinski definition) is 0. The minimum absolute atomic E-state index is 0.125. The zero-order chi connectivity index (χ0) is 16.2. The van der Waals surface area contributed by atoms with Gasteiger partial charge >= 0.3 is 0 Å². The molecule has 6 heteroatoms. The highest BCUT2D eigenvalue weighted by atomic mass is 32.2. The van der Waals surface area contributed by atoms with E-state index in [1.807, 2.05) is 0 Å². The normalized spacial score (nSPS) is 16.0. The van der Waals surface area contributed by atoms with Crippen LogP contribution < -0.4 is 0 Å². The Morgan fingerprint density at radius 3 is 2.91 bits per heavy atom. The summed E-state index contributed by atoms with van der Waals surface area (Å²) < 4.78 is 20.1. The maximum Gasteiger partial charge on any atom is 0.244 e. The standard InChI is InChI=1S/C17H12FNO2S2/c1-2-9-22-17-19-14(16(20)23-17)10-11-7-8-15(21-11)12-5-3-4-6-13(12)18/h2-8,10H,1,9H2. The van der Waals surface area contributed by atoms with Gasteiger partial charge in [-0.05, 0) is 36.0 Å². The molecule has 1 aromatic carbocycles. The summed E-state index contributed by atoms with van der Waals surface area (Å²) in [7, 11) is 0. The largest absolute Gasteiger partial charge is 0.457 e. The molecule has 0 saturated carbocycles. The Morgan fingerprint density at radius 2 is 2.13 bits per heavy atom. The monoisotopic (exact) mass is 345 g/mol. The van der Waals surface area contributed by atoms with Crippen molar-refractivity contribution in [1.82, 2.24) is 0 Å². The molecule has 3 nitrogen and oxygen atoms in total. The van der Waals surface area contributed by atoms with Gasteiger partial charge < -0.3 is 4.42 Å². The predicted octanol–water partition coefficient (Wildman–Crippen LogP) is 4.98. The van der Waals surface area contributed by atoms with Crippen LogP contribution in [0.15, 0.2) is 64.2 Å². The number of halogens is 1. The second kappa shape index (κ2) is 7.02. The summed E-state index contributed by atoms with van der Waals surface area (Å²) in [6.07, 6.45) is 3.33. The molecule has 0 unspecified atom stereocenters. The molecular formula is C17H12FNO2S2. The fourth-order valence-corrected chi connectivity index (χ4v) is 3.55. The van der Waals surface area contributed by atoms with Crippen molar-refractivity contribution in [2.75, 3.05) is 5.75 Å². The highest BCUT2D eigenvalue weighted by Crippen LogP contribution is 2.32. The molecule has 0 bridgehead atoms. The molecule has 0 saturated heterocycles. The average Bonchev–Trinajstić information content (AvgIpc) is 3.13. The molecule has 0 fully saturated rings. The molecule has 0 radical (unpaired) electrons. The smallest absolute Gasteiger partial charge is 0.244 e. The first-order valence-corrected chi connectivity index (χ1v) is 8.58. The number of thioether (sulfide) groups is 2. The van der Waals surface area contributed by atoms with Crippen molar-refractivity contribution in [3.63, 3.8) is 0 Å². The number of carbonyl (C=O) groups excluding carboxylic acids is 1. The molecule has 1 aliphatic rings. The first-order chi connectivity index (χ1) is 11.2. The summed E-state index contributed by atoms with van der Waals surface area (Å²) in [5, 5.41) is -0.125. The Bertz CT molecular complexity index is 824. The summed E-state index contributed by atoms with van der Waals surface area (Å²) in [4.78, 5) is 16.2. The zero-order valence-electron chi connectivity index (χ0n) is 12.0. The quantitative estimate of drug-likeness (QED) is 0.579. The van der Waals surface area contributed by atoms with Gasteiger partial charge in [-0.2, -0.15) is 0 Å². The van der Waals surface area contributed by atoms with Gasteiger partial charge in [-0.1, -0.05) is 30.0 Å². The van der Waals surface area contributed by atoms with Crippen LogP contribution in [0.4, 0.5) is 4.39 Å². The van der Waals surface area contributed by atoms with E-state index in [0.717, 1.165) is 11.8 Å². The minimum Gasteiger partial charge on any atom is -0.457 e. The number of benzene rings is 1. The summed E-state index contributed by atoms with van der Waals surface area (Å²) in [6.45, 7) is 3.64. The molecule has 0 atom stereocenters. The lowest BCUT2D eigenvalue weighted by atomic mass is 10.1. The van der Waals surface area contributed by atoms with Gasteiger partial charge in [-0.15, -0.1) is 6.58 Å². The molecule has 116 valence electrons. The van der Waals surface area contributed by atoms with Crippen LogP contribution in [0.2, 0.25) is 0 Å². The van der Waals surface area contributed by atoms with Gasteiger partial charge in [0.2, 0.25) is 5.12 Å². The third-order valence-corrected chi connectivity index (χ3v) is 4.98. The van der Waals surface area contributed by atoms with E-state index >= 15 is 0 Å². The maximum absolute atomic E-state index is 13.8. The van der Waals surface area contributed by atoms with Gasteiger partial charge in [0.05, 0.1) is 5.56 Å². The molecule has 0 spiro atoms. The van der Waals surface area contributed by atoms with Crippen LogP contribution in [-0.4, -0.2) is 15.2 Å². The summed E-state index contributed by atoms with van der Waals surface area (Å²) in [5.74, 6) is 1.23. The van der Waals surface area contributed by atoms with E-state index in [9.17, 15) is 9.18 Å². The predicted molar refractivity (Wildman–Crippen MR) is 94.8 cm³/mol. The lowest BCUT2D eigenvalue weighted by Crippen LogP contribution is -1.87. The Labute approximate surface area is 141 Å². The summed E-state index contributed by atoms with van der Waals surface area (Å²) in [6, 6.07) is 9.75. The maximum atomic E-state index is 13.8. The van der Waals surface area contributed by atoms with Crippen LogP contribution in [0.25, 0.3) is 17.4 Å². The highest BCUT2D eigenvalue weighted by molar-refractivity contribution is 8.45. The first-order valence-electron chi connectivity index (χ1n) is 6.78. The Morgan fingerprint density at radius 1 is 1.30 bits per heavy atom. The van der Waals surface area contributed by atoms with Crippen LogP contribution in [0, 0.1) is 5.82 Å². The van der Waals surface area contributed by atoms with E-state index in [1.54, 1.807) is 42.5 Å². The van der Waals surface area contributed by atoms with Crippen LogP contribution >= 0.6 is 23.5 Å². The van der Waals surface area contributed by atoms with E-state index < -0.39 is 0 Å². The number of furan rings is 1. The van der Waals surface area contributed by atoms with Crippen molar-refractivity contribution < 1.29 is 13.6 Å². The van der Waals surface area contributed by atoms with Crippen LogP contribution in [0.1, 0.15) is 5.76 Å². The van der Waals surface area contributed by atoms with Crippen molar-refractivity contribution >= 4 is 39.1 Å². The molecular weight excluding hydrogens is 333 g/mol. The van der Waals surface area contributed by atoms with Gasteiger partial charge in [0.25, 0.3) is 0 Å². The van der Waals surface area contributed by atoms with E-state index in [0.29, 0.717) is 32.9 Å². The van der Waals surface area contributed by atoms with Gasteiger partial charge in [-0.3, -0.25) is 4.79 Å². The molecule has 1 aliphatic heterocycles. The van der Waals surface area contributed by atoms with Gasteiger partial charge in [0.15, 0.2) is 0 Å². The molecule has 2 aromatic rings. The van der Waals surface area contributed by atoms with Gasteiger partial charge in [-0.25, -0.2) is 9.38 Å². The fourth-order valence-electron chi connectivity index (χ4n) is 1.95. The number of aliphatic imine (C=N–C) groups is 1. The number of nitrogens with zero attached hydrogens (tertiary/aromatic N) is 1. The van der Waals surface area contributed by atoms with Gasteiger partial charge in [0.1, 0.15) is 27.4 Å². The summed E-state index contributed by atoms with van der Waals surface area (Å²) >= 11 is 2.55. The van der Waals surface area contributed by atoms with Crippen molar-refractivity contribution in [1.29, 1.82) is 0 Å². The molecule has 1 aromatic heterocycles. The molecule has 23 heavy (non-hydrogen) atoms. The molecule has 0 N–H and O–H groups in total. The Balaban J connectivity index is 1.84. The fraction of sp³-hybridized carbons (Fsp3) is 0.0588. The first kappa shape index (κ1) is 15.8. The van der Waals surface area contributed by atoms with E-state index in [4.69, 9.17) is 4.42 Å². The average molecular weight is 345 g/mol. The molecule has 0 aliphatic carbocycles. The van der Waals surface area contributed by atoms with Crippen molar-refractivity contribution in [2.24, 2.45) is 4.99 Å². The second-order valence-electron chi connectivity index (χ2n) is 4.58. The lowest BCUT2D eigenvalue weighted by molar-refractivity contribution is -0.107. The third-order valence-electron chi connectivity index (χ3n) is 2.97. The van der Waals surface area contributed by atoms with Crippen molar-refractivity contribution in [2.45, 2.75) is 0 Å². The van der Waals surface area contributed by atoms with Crippen LogP contribution in [0.3, 0.4) is 0 Å². The Hall–Kier alpha value is -2.05. The summed E-state index contributed by atoms with van der Waals surface area (Å²) in [5.41, 5.74) is 0.714. The SMILES string of the molecule is C=CCSC1=NC(=Cc2ccc(-c3ccccc3F)o2)C(=O)S1. The Kier molecular flexibility index (Phi) is 4.83. The van der Waals surface area contributed by atoms with Gasteiger partial charge in [0, 0.05) is 11.8 Å². The van der Waals surface area contributed by atoms with E-state index in [-0.39, 0.29) is 10.9 Å². The van der Waals surface area contributed by atoms with Crippen LogP contribution in [0.5, 0.6) is 0 Å². The molecule has 2 heterocycles. The minimum atomic E-state index is -0.352. The molecule has 0 amide bonds. The van der Waals surface area contributed by atoms with Crippen molar-refractivity contribution in [3.8, 4) is 11.3 Å².